The molecule has 1 aromatic heterocycles. The van der Waals surface area contributed by atoms with Crippen molar-refractivity contribution >= 4 is 29.3 Å². The summed E-state index contributed by atoms with van der Waals surface area (Å²) in [6.45, 7) is 3.27. The van der Waals surface area contributed by atoms with E-state index in [4.69, 9.17) is 9.15 Å². The Morgan fingerprint density at radius 2 is 1.79 bits per heavy atom. The lowest BCUT2D eigenvalue weighted by molar-refractivity contribution is -0.128. The third-order valence-corrected chi connectivity index (χ3v) is 7.57. The van der Waals surface area contributed by atoms with Crippen LogP contribution in [0.25, 0.3) is 0 Å². The molecular formula is C26H27N3O4S. The van der Waals surface area contributed by atoms with E-state index >= 15 is 0 Å². The standard InChI is InChI=1S/C26H27N3O4S/c1-32-23-7-3-2-6-22(23)27-12-14-28(15-13-27)25(31)19-8-10-20(11-9-19)26-29(24(30)18-34-26)17-21-5-4-16-33-21/h2-11,16,26H,12-15,17-18H2,1H3/t26-/m1/s1. The molecule has 0 radical (unpaired) electrons. The molecule has 34 heavy (non-hydrogen) atoms. The van der Waals surface area contributed by atoms with Crippen molar-refractivity contribution in [2.24, 2.45) is 0 Å². The van der Waals surface area contributed by atoms with E-state index in [0.717, 1.165) is 35.9 Å². The number of para-hydroxylation sites is 2. The van der Waals surface area contributed by atoms with Gasteiger partial charge in [0.25, 0.3) is 5.91 Å². The first kappa shape index (κ1) is 22.4. The van der Waals surface area contributed by atoms with Gasteiger partial charge in [0.15, 0.2) is 0 Å². The van der Waals surface area contributed by atoms with Crippen molar-refractivity contribution in [3.05, 3.63) is 83.8 Å². The Labute approximate surface area is 203 Å². The van der Waals surface area contributed by atoms with E-state index in [-0.39, 0.29) is 17.2 Å². The number of thioether (sulfide) groups is 1. The van der Waals surface area contributed by atoms with Crippen LogP contribution in [0.1, 0.15) is 27.1 Å². The van der Waals surface area contributed by atoms with E-state index in [2.05, 4.69) is 11.0 Å². The van der Waals surface area contributed by atoms with Gasteiger partial charge in [0.05, 0.1) is 31.4 Å². The van der Waals surface area contributed by atoms with E-state index in [9.17, 15) is 9.59 Å². The zero-order valence-electron chi connectivity index (χ0n) is 19.1. The number of methoxy groups -OCH3 is 1. The van der Waals surface area contributed by atoms with Gasteiger partial charge in [-0.25, -0.2) is 0 Å². The second-order valence-electron chi connectivity index (χ2n) is 8.34. The molecule has 2 saturated heterocycles. The van der Waals surface area contributed by atoms with E-state index in [1.165, 1.54) is 0 Å². The first-order valence-corrected chi connectivity index (χ1v) is 12.4. The number of ether oxygens (including phenoxy) is 1. The summed E-state index contributed by atoms with van der Waals surface area (Å²) in [5.74, 6) is 2.19. The first-order chi connectivity index (χ1) is 16.6. The summed E-state index contributed by atoms with van der Waals surface area (Å²) in [4.78, 5) is 31.5. The molecule has 3 aromatic rings. The van der Waals surface area contributed by atoms with Crippen LogP contribution in [-0.2, 0) is 11.3 Å². The van der Waals surface area contributed by atoms with Crippen LogP contribution < -0.4 is 9.64 Å². The predicted molar refractivity (Wildman–Crippen MR) is 132 cm³/mol. The van der Waals surface area contributed by atoms with Crippen LogP contribution in [0.3, 0.4) is 0 Å². The Morgan fingerprint density at radius 3 is 2.50 bits per heavy atom. The molecule has 2 fully saturated rings. The zero-order chi connectivity index (χ0) is 23.5. The molecule has 2 aliphatic heterocycles. The van der Waals surface area contributed by atoms with Crippen LogP contribution in [-0.4, -0.2) is 60.7 Å². The van der Waals surface area contributed by atoms with Crippen LogP contribution in [0, 0.1) is 0 Å². The van der Waals surface area contributed by atoms with E-state index in [0.29, 0.717) is 31.0 Å². The Balaban J connectivity index is 1.22. The summed E-state index contributed by atoms with van der Waals surface area (Å²) in [6.07, 6.45) is 1.62. The number of amides is 2. The van der Waals surface area contributed by atoms with Crippen molar-refractivity contribution in [2.75, 3.05) is 43.9 Å². The summed E-state index contributed by atoms with van der Waals surface area (Å²) in [5.41, 5.74) is 2.74. The lowest BCUT2D eigenvalue weighted by atomic mass is 10.1. The maximum absolute atomic E-state index is 13.1. The lowest BCUT2D eigenvalue weighted by Crippen LogP contribution is -2.48. The fourth-order valence-corrected chi connectivity index (χ4v) is 5.67. The minimum absolute atomic E-state index is 0.0359. The van der Waals surface area contributed by atoms with Crippen molar-refractivity contribution in [3.63, 3.8) is 0 Å². The summed E-state index contributed by atoms with van der Waals surface area (Å²) >= 11 is 1.60. The van der Waals surface area contributed by atoms with Gasteiger partial charge in [0, 0.05) is 31.7 Å². The minimum Gasteiger partial charge on any atom is -0.495 e. The van der Waals surface area contributed by atoms with Crippen LogP contribution in [0.2, 0.25) is 0 Å². The van der Waals surface area contributed by atoms with Gasteiger partial charge in [-0.05, 0) is 42.0 Å². The molecule has 2 aliphatic rings. The van der Waals surface area contributed by atoms with Gasteiger partial charge in [0.1, 0.15) is 16.9 Å². The highest BCUT2D eigenvalue weighted by Gasteiger charge is 2.33. The highest BCUT2D eigenvalue weighted by Crippen LogP contribution is 2.39. The third kappa shape index (κ3) is 4.50. The number of carbonyl (C=O) groups is 2. The van der Waals surface area contributed by atoms with Crippen LogP contribution in [0.5, 0.6) is 5.75 Å². The smallest absolute Gasteiger partial charge is 0.253 e. The predicted octanol–water partition coefficient (Wildman–Crippen LogP) is 4.02. The summed E-state index contributed by atoms with van der Waals surface area (Å²) in [5, 5.41) is -0.0776. The number of hydrogen-bond acceptors (Lipinski definition) is 6. The highest BCUT2D eigenvalue weighted by atomic mass is 32.2. The molecule has 0 N–H and O–H groups in total. The molecule has 1 atom stereocenters. The van der Waals surface area contributed by atoms with Crippen molar-refractivity contribution in [3.8, 4) is 5.75 Å². The highest BCUT2D eigenvalue weighted by molar-refractivity contribution is 8.00. The average Bonchev–Trinajstić information content (AvgIpc) is 3.54. The molecule has 7 nitrogen and oxygen atoms in total. The normalized spacial score (nSPS) is 18.4. The van der Waals surface area contributed by atoms with Crippen molar-refractivity contribution in [1.82, 2.24) is 9.80 Å². The van der Waals surface area contributed by atoms with Gasteiger partial charge in [-0.3, -0.25) is 9.59 Å². The second kappa shape index (κ2) is 9.85. The molecular weight excluding hydrogens is 450 g/mol. The number of carbonyl (C=O) groups excluding carboxylic acids is 2. The number of benzene rings is 2. The van der Waals surface area contributed by atoms with Crippen molar-refractivity contribution in [2.45, 2.75) is 11.9 Å². The molecule has 0 unspecified atom stereocenters. The van der Waals surface area contributed by atoms with Crippen LogP contribution in [0.15, 0.2) is 71.3 Å². The van der Waals surface area contributed by atoms with Crippen molar-refractivity contribution < 1.29 is 18.7 Å². The summed E-state index contributed by atoms with van der Waals surface area (Å²) in [7, 11) is 1.68. The van der Waals surface area contributed by atoms with Gasteiger partial charge in [0.2, 0.25) is 5.91 Å². The van der Waals surface area contributed by atoms with Gasteiger partial charge in [-0.2, -0.15) is 0 Å². The Hall–Kier alpha value is -3.39. The second-order valence-corrected chi connectivity index (χ2v) is 9.41. The number of nitrogens with zero attached hydrogens (tertiary/aromatic N) is 3. The number of furan rings is 1. The van der Waals surface area contributed by atoms with Crippen LogP contribution >= 0.6 is 11.8 Å². The van der Waals surface area contributed by atoms with Gasteiger partial charge < -0.3 is 23.9 Å². The fourth-order valence-electron chi connectivity index (χ4n) is 4.49. The number of rotatable bonds is 6. The fraction of sp³-hybridized carbons (Fsp3) is 0.308. The minimum atomic E-state index is -0.0776. The number of piperazine rings is 1. The Bertz CT molecular complexity index is 1140. The zero-order valence-corrected chi connectivity index (χ0v) is 19.9. The lowest BCUT2D eigenvalue weighted by Gasteiger charge is -2.36. The van der Waals surface area contributed by atoms with Gasteiger partial charge >= 0.3 is 0 Å². The maximum Gasteiger partial charge on any atom is 0.253 e. The Kier molecular flexibility index (Phi) is 6.49. The van der Waals surface area contributed by atoms with E-state index < -0.39 is 0 Å². The first-order valence-electron chi connectivity index (χ1n) is 11.3. The molecule has 0 aliphatic carbocycles. The maximum atomic E-state index is 13.1. The Morgan fingerprint density at radius 1 is 1.03 bits per heavy atom. The number of anilines is 1. The van der Waals surface area contributed by atoms with Gasteiger partial charge in [-0.1, -0.05) is 24.3 Å². The summed E-state index contributed by atoms with van der Waals surface area (Å²) < 4.78 is 10.9. The molecule has 0 spiro atoms. The van der Waals surface area contributed by atoms with E-state index in [1.807, 2.05) is 64.4 Å². The molecule has 176 valence electrons. The summed E-state index contributed by atoms with van der Waals surface area (Å²) in [6, 6.07) is 19.4. The molecule has 8 heteroatoms. The van der Waals surface area contributed by atoms with Crippen LogP contribution in [0.4, 0.5) is 5.69 Å². The quantitative estimate of drug-likeness (QED) is 0.534. The SMILES string of the molecule is COc1ccccc1N1CCN(C(=O)c2ccc([C@H]3SCC(=O)N3Cc3ccco3)cc2)CC1. The average molecular weight is 478 g/mol. The molecule has 3 heterocycles. The molecule has 2 aromatic carbocycles. The van der Waals surface area contributed by atoms with Gasteiger partial charge in [-0.15, -0.1) is 11.8 Å². The van der Waals surface area contributed by atoms with Crippen molar-refractivity contribution in [1.29, 1.82) is 0 Å². The van der Waals surface area contributed by atoms with E-state index in [1.54, 1.807) is 25.1 Å². The molecule has 0 bridgehead atoms. The molecule has 5 rings (SSSR count). The third-order valence-electron chi connectivity index (χ3n) is 6.31. The topological polar surface area (TPSA) is 66.2 Å². The number of hydrogen-bond donors (Lipinski definition) is 0. The largest absolute Gasteiger partial charge is 0.495 e. The monoisotopic (exact) mass is 477 g/mol. The molecule has 0 saturated carbocycles. The molecule has 2 amide bonds.